The topological polar surface area (TPSA) is 40.5 Å². The molecule has 21 heavy (non-hydrogen) atoms. The minimum atomic E-state index is -0.417. The van der Waals surface area contributed by atoms with Crippen LogP contribution in [-0.2, 0) is 0 Å². The maximum absolute atomic E-state index is 14.2. The lowest BCUT2D eigenvalue weighted by Gasteiger charge is -2.31. The normalized spacial score (nSPS) is 29.1. The lowest BCUT2D eigenvalue weighted by molar-refractivity contribution is 0.0524. The van der Waals surface area contributed by atoms with Crippen molar-refractivity contribution in [2.45, 2.75) is 51.2 Å². The maximum Gasteiger partial charge on any atom is 0.257 e. The molecule has 1 aliphatic carbocycles. The highest BCUT2D eigenvalue weighted by Gasteiger charge is 2.40. The number of carbonyl (C=O) groups is 1. The molecule has 2 fully saturated rings. The Morgan fingerprint density at radius 1 is 1.29 bits per heavy atom. The van der Waals surface area contributed by atoms with Crippen molar-refractivity contribution in [3.05, 3.63) is 35.1 Å². The Kier molecular flexibility index (Phi) is 3.98. The summed E-state index contributed by atoms with van der Waals surface area (Å²) in [5.41, 5.74) is 0.659. The zero-order valence-electron chi connectivity index (χ0n) is 12.4. The number of likely N-dealkylation sites (tertiary alicyclic amines) is 1. The summed E-state index contributed by atoms with van der Waals surface area (Å²) in [6.07, 6.45) is 4.34. The van der Waals surface area contributed by atoms with Crippen molar-refractivity contribution in [2.24, 2.45) is 5.92 Å². The number of halogens is 1. The molecule has 0 aromatic heterocycles. The van der Waals surface area contributed by atoms with E-state index in [0.29, 0.717) is 12.1 Å². The van der Waals surface area contributed by atoms with Gasteiger partial charge in [-0.3, -0.25) is 4.79 Å². The Labute approximate surface area is 124 Å². The molecule has 3 rings (SSSR count). The Hall–Kier alpha value is -1.42. The molecule has 1 amide bonds. The SMILES string of the molecule is Cc1cccc(C(=O)N2CCCC2C2CCCC2O)c1F. The zero-order chi connectivity index (χ0) is 15.0. The van der Waals surface area contributed by atoms with E-state index in [1.165, 1.54) is 0 Å². The number of hydrogen-bond donors (Lipinski definition) is 1. The minimum absolute atomic E-state index is 0.0647. The summed E-state index contributed by atoms with van der Waals surface area (Å²) >= 11 is 0. The number of aliphatic hydroxyl groups is 1. The van der Waals surface area contributed by atoms with Gasteiger partial charge >= 0.3 is 0 Å². The first-order valence-electron chi connectivity index (χ1n) is 7.83. The van der Waals surface area contributed by atoms with Crippen molar-refractivity contribution in [3.8, 4) is 0 Å². The van der Waals surface area contributed by atoms with Crippen molar-refractivity contribution < 1.29 is 14.3 Å². The van der Waals surface area contributed by atoms with Crippen molar-refractivity contribution in [1.29, 1.82) is 0 Å². The van der Waals surface area contributed by atoms with Crippen LogP contribution in [0.1, 0.15) is 48.0 Å². The third-order valence-electron chi connectivity index (χ3n) is 5.01. The minimum Gasteiger partial charge on any atom is -0.393 e. The molecule has 1 aliphatic heterocycles. The molecule has 1 aromatic rings. The highest BCUT2D eigenvalue weighted by Crippen LogP contribution is 2.36. The van der Waals surface area contributed by atoms with Gasteiger partial charge in [0.2, 0.25) is 0 Å². The van der Waals surface area contributed by atoms with Crippen LogP contribution in [0, 0.1) is 18.7 Å². The van der Waals surface area contributed by atoms with E-state index in [1.54, 1.807) is 30.0 Å². The molecule has 2 aliphatic rings. The van der Waals surface area contributed by atoms with Crippen LogP contribution in [-0.4, -0.2) is 34.6 Å². The van der Waals surface area contributed by atoms with Gasteiger partial charge in [0.1, 0.15) is 5.82 Å². The third kappa shape index (κ3) is 2.57. The number of aliphatic hydroxyl groups excluding tert-OH is 1. The number of rotatable bonds is 2. The Morgan fingerprint density at radius 2 is 2.10 bits per heavy atom. The molecule has 3 nitrogen and oxygen atoms in total. The molecule has 0 bridgehead atoms. The molecule has 1 aromatic carbocycles. The van der Waals surface area contributed by atoms with Crippen LogP contribution in [0.15, 0.2) is 18.2 Å². The summed E-state index contributed by atoms with van der Waals surface area (Å²) in [6.45, 7) is 2.34. The number of benzene rings is 1. The van der Waals surface area contributed by atoms with Gasteiger partial charge in [0.05, 0.1) is 11.7 Å². The van der Waals surface area contributed by atoms with Crippen LogP contribution in [0.3, 0.4) is 0 Å². The van der Waals surface area contributed by atoms with Crippen LogP contribution >= 0.6 is 0 Å². The Morgan fingerprint density at radius 3 is 2.81 bits per heavy atom. The number of amides is 1. The fourth-order valence-electron chi connectivity index (χ4n) is 3.88. The maximum atomic E-state index is 14.2. The summed E-state index contributed by atoms with van der Waals surface area (Å²) in [5, 5.41) is 10.1. The average molecular weight is 291 g/mol. The van der Waals surface area contributed by atoms with Gasteiger partial charge in [0.25, 0.3) is 5.91 Å². The molecule has 1 heterocycles. The summed E-state index contributed by atoms with van der Waals surface area (Å²) in [7, 11) is 0. The van der Waals surface area contributed by atoms with Gasteiger partial charge in [-0.2, -0.15) is 0 Å². The summed E-state index contributed by atoms with van der Waals surface area (Å²) < 4.78 is 14.2. The van der Waals surface area contributed by atoms with Crippen LogP contribution in [0.4, 0.5) is 4.39 Å². The smallest absolute Gasteiger partial charge is 0.257 e. The van der Waals surface area contributed by atoms with E-state index in [1.807, 2.05) is 0 Å². The fraction of sp³-hybridized carbons (Fsp3) is 0.588. The first-order chi connectivity index (χ1) is 10.1. The van der Waals surface area contributed by atoms with Gasteiger partial charge in [-0.1, -0.05) is 18.6 Å². The van der Waals surface area contributed by atoms with Crippen LogP contribution < -0.4 is 0 Å². The number of nitrogens with zero attached hydrogens (tertiary/aromatic N) is 1. The first kappa shape index (κ1) is 14.5. The summed E-state index contributed by atoms with van der Waals surface area (Å²) in [4.78, 5) is 14.5. The van der Waals surface area contributed by atoms with Crippen molar-refractivity contribution in [1.82, 2.24) is 4.90 Å². The largest absolute Gasteiger partial charge is 0.393 e. The van der Waals surface area contributed by atoms with Gasteiger partial charge in [0, 0.05) is 18.5 Å². The van der Waals surface area contributed by atoms with Crippen molar-refractivity contribution in [2.75, 3.05) is 6.54 Å². The second-order valence-corrected chi connectivity index (χ2v) is 6.31. The van der Waals surface area contributed by atoms with Gasteiger partial charge in [-0.05, 0) is 44.2 Å². The van der Waals surface area contributed by atoms with Gasteiger partial charge in [-0.25, -0.2) is 4.39 Å². The van der Waals surface area contributed by atoms with E-state index in [-0.39, 0.29) is 29.5 Å². The molecule has 1 N–H and O–H groups in total. The van der Waals surface area contributed by atoms with Crippen LogP contribution in [0.2, 0.25) is 0 Å². The van der Waals surface area contributed by atoms with E-state index in [9.17, 15) is 14.3 Å². The molecule has 114 valence electrons. The summed E-state index contributed by atoms with van der Waals surface area (Å²) in [6, 6.07) is 5.02. The van der Waals surface area contributed by atoms with Gasteiger partial charge < -0.3 is 10.0 Å². The van der Waals surface area contributed by atoms with E-state index in [0.717, 1.165) is 32.1 Å². The second-order valence-electron chi connectivity index (χ2n) is 6.31. The van der Waals surface area contributed by atoms with E-state index in [4.69, 9.17) is 0 Å². The molecule has 0 radical (unpaired) electrons. The first-order valence-corrected chi connectivity index (χ1v) is 7.83. The quantitative estimate of drug-likeness (QED) is 0.910. The van der Waals surface area contributed by atoms with Crippen LogP contribution in [0.5, 0.6) is 0 Å². The number of carbonyl (C=O) groups excluding carboxylic acids is 1. The molecule has 1 saturated heterocycles. The molecule has 4 heteroatoms. The Balaban J connectivity index is 1.84. The fourth-order valence-corrected chi connectivity index (χ4v) is 3.88. The van der Waals surface area contributed by atoms with E-state index in [2.05, 4.69) is 0 Å². The highest BCUT2D eigenvalue weighted by atomic mass is 19.1. The lowest BCUT2D eigenvalue weighted by atomic mass is 9.93. The van der Waals surface area contributed by atoms with Crippen LogP contribution in [0.25, 0.3) is 0 Å². The second kappa shape index (κ2) is 5.76. The number of hydrogen-bond acceptors (Lipinski definition) is 2. The molecule has 3 atom stereocenters. The predicted octanol–water partition coefficient (Wildman–Crippen LogP) is 2.90. The van der Waals surface area contributed by atoms with Gasteiger partial charge in [-0.15, -0.1) is 0 Å². The Bertz CT molecular complexity index is 546. The predicted molar refractivity (Wildman–Crippen MR) is 78.5 cm³/mol. The van der Waals surface area contributed by atoms with E-state index >= 15 is 0 Å². The van der Waals surface area contributed by atoms with Gasteiger partial charge in [0.15, 0.2) is 0 Å². The third-order valence-corrected chi connectivity index (χ3v) is 5.01. The molecular formula is C17H22FNO2. The highest BCUT2D eigenvalue weighted by molar-refractivity contribution is 5.95. The molecular weight excluding hydrogens is 269 g/mol. The summed E-state index contributed by atoms with van der Waals surface area (Å²) in [5.74, 6) is -0.484. The van der Waals surface area contributed by atoms with E-state index < -0.39 is 5.82 Å². The van der Waals surface area contributed by atoms with Crippen molar-refractivity contribution in [3.63, 3.8) is 0 Å². The van der Waals surface area contributed by atoms with Crippen molar-refractivity contribution >= 4 is 5.91 Å². The molecule has 0 spiro atoms. The molecule has 3 unspecified atom stereocenters. The standard InChI is InChI=1S/C17H22FNO2/c1-11-5-2-7-13(16(11)18)17(21)19-10-4-8-14(19)12-6-3-9-15(12)20/h2,5,7,12,14-15,20H,3-4,6,8-10H2,1H3. The molecule has 1 saturated carbocycles. The average Bonchev–Trinajstić information content (AvgIpc) is 3.09. The number of aryl methyl sites for hydroxylation is 1. The lowest BCUT2D eigenvalue weighted by Crippen LogP contribution is -2.42. The zero-order valence-corrected chi connectivity index (χ0v) is 12.4. The monoisotopic (exact) mass is 291 g/mol.